The number of rotatable bonds is 5. The van der Waals surface area contributed by atoms with Crippen LogP contribution in [0.3, 0.4) is 0 Å². The van der Waals surface area contributed by atoms with Crippen molar-refractivity contribution in [1.82, 2.24) is 4.31 Å². The van der Waals surface area contributed by atoms with Crippen molar-refractivity contribution in [2.75, 3.05) is 25.5 Å². The van der Waals surface area contributed by atoms with E-state index < -0.39 is 10.0 Å². The van der Waals surface area contributed by atoms with Gasteiger partial charge in [0.25, 0.3) is 0 Å². The molecular formula is C19H21BrN2O4S. The Bertz CT molecular complexity index is 916. The Hall–Kier alpha value is -1.90. The number of piperidine rings is 1. The molecule has 1 aliphatic heterocycles. The number of carbonyl (C=O) groups is 1. The van der Waals surface area contributed by atoms with Gasteiger partial charge in [-0.05, 0) is 55.3 Å². The molecule has 6 nitrogen and oxygen atoms in total. The fourth-order valence-corrected chi connectivity index (χ4v) is 5.01. The molecule has 27 heavy (non-hydrogen) atoms. The summed E-state index contributed by atoms with van der Waals surface area (Å²) in [6.07, 6.45) is 1.31. The van der Waals surface area contributed by atoms with Crippen LogP contribution in [0.5, 0.6) is 5.75 Å². The molecule has 0 aliphatic carbocycles. The van der Waals surface area contributed by atoms with Gasteiger partial charge in [0, 0.05) is 23.2 Å². The number of carbonyl (C=O) groups excluding carboxylic acids is 1. The van der Waals surface area contributed by atoms with Gasteiger partial charge in [-0.3, -0.25) is 4.79 Å². The highest BCUT2D eigenvalue weighted by molar-refractivity contribution is 9.10. The quantitative estimate of drug-likeness (QED) is 0.752. The van der Waals surface area contributed by atoms with Gasteiger partial charge in [0.15, 0.2) is 0 Å². The van der Waals surface area contributed by atoms with E-state index in [2.05, 4.69) is 21.2 Å². The number of sulfonamides is 1. The number of halogens is 1. The number of ether oxygens (including phenoxy) is 1. The predicted molar refractivity (Wildman–Crippen MR) is 107 cm³/mol. The molecule has 3 rings (SSSR count). The minimum atomic E-state index is -3.64. The van der Waals surface area contributed by atoms with Crippen molar-refractivity contribution in [1.29, 1.82) is 0 Å². The molecule has 0 radical (unpaired) electrons. The fourth-order valence-electron chi connectivity index (χ4n) is 3.08. The number of methoxy groups -OCH3 is 1. The maximum atomic E-state index is 12.9. The molecule has 2 aromatic carbocycles. The molecule has 0 spiro atoms. The lowest BCUT2D eigenvalue weighted by Gasteiger charge is -2.31. The third kappa shape index (κ3) is 4.69. The molecule has 8 heteroatoms. The zero-order valence-corrected chi connectivity index (χ0v) is 17.3. The van der Waals surface area contributed by atoms with Crippen molar-refractivity contribution >= 4 is 37.5 Å². The summed E-state index contributed by atoms with van der Waals surface area (Å²) in [5.74, 6) is 0.0485. The Labute approximate surface area is 167 Å². The van der Waals surface area contributed by atoms with E-state index >= 15 is 0 Å². The fraction of sp³-hybridized carbons (Fsp3) is 0.316. The molecule has 1 aliphatic rings. The van der Waals surface area contributed by atoms with Gasteiger partial charge in [0.05, 0.1) is 17.9 Å². The molecule has 0 bridgehead atoms. The van der Waals surface area contributed by atoms with Gasteiger partial charge in [-0.1, -0.05) is 22.0 Å². The van der Waals surface area contributed by atoms with Gasteiger partial charge < -0.3 is 10.1 Å². The Morgan fingerprint density at radius 3 is 2.63 bits per heavy atom. The van der Waals surface area contributed by atoms with E-state index in [-0.39, 0.29) is 23.3 Å². The zero-order valence-electron chi connectivity index (χ0n) is 14.9. The molecule has 2 aromatic rings. The van der Waals surface area contributed by atoms with Gasteiger partial charge in [-0.25, -0.2) is 8.42 Å². The normalized spacial score (nSPS) is 18.1. The lowest BCUT2D eigenvalue weighted by Crippen LogP contribution is -2.43. The topological polar surface area (TPSA) is 75.7 Å². The van der Waals surface area contributed by atoms with Gasteiger partial charge in [-0.15, -0.1) is 0 Å². The van der Waals surface area contributed by atoms with Gasteiger partial charge in [0.1, 0.15) is 5.75 Å². The molecule has 1 saturated heterocycles. The number of benzene rings is 2. The van der Waals surface area contributed by atoms with E-state index in [4.69, 9.17) is 4.74 Å². The first-order chi connectivity index (χ1) is 12.9. The largest absolute Gasteiger partial charge is 0.497 e. The number of hydrogen-bond acceptors (Lipinski definition) is 4. The summed E-state index contributed by atoms with van der Waals surface area (Å²) >= 11 is 3.37. The van der Waals surface area contributed by atoms with Gasteiger partial charge in [-0.2, -0.15) is 4.31 Å². The lowest BCUT2D eigenvalue weighted by atomic mass is 9.99. The second-order valence-corrected chi connectivity index (χ2v) is 9.23. The van der Waals surface area contributed by atoms with E-state index in [9.17, 15) is 13.2 Å². The SMILES string of the molecule is COc1ccc(S(=O)(=O)N2CCC[C@H](C(=O)Nc3cccc(Br)c3)C2)cc1. The molecular weight excluding hydrogens is 432 g/mol. The van der Waals surface area contributed by atoms with Crippen LogP contribution in [0.15, 0.2) is 57.9 Å². The highest BCUT2D eigenvalue weighted by Gasteiger charge is 2.33. The Kier molecular flexibility index (Phi) is 6.18. The lowest BCUT2D eigenvalue weighted by molar-refractivity contribution is -0.120. The van der Waals surface area contributed by atoms with Crippen LogP contribution in [0, 0.1) is 5.92 Å². The Morgan fingerprint density at radius 2 is 1.96 bits per heavy atom. The molecule has 1 fully saturated rings. The van der Waals surface area contributed by atoms with Crippen LogP contribution in [0.2, 0.25) is 0 Å². The number of nitrogens with one attached hydrogen (secondary N) is 1. The van der Waals surface area contributed by atoms with Crippen molar-refractivity contribution in [3.63, 3.8) is 0 Å². The van der Waals surface area contributed by atoms with E-state index in [0.717, 1.165) is 4.47 Å². The van der Waals surface area contributed by atoms with Crippen LogP contribution in [-0.4, -0.2) is 38.8 Å². The van der Waals surface area contributed by atoms with Gasteiger partial charge in [0.2, 0.25) is 15.9 Å². The van der Waals surface area contributed by atoms with E-state index in [1.54, 1.807) is 18.2 Å². The highest BCUT2D eigenvalue weighted by Crippen LogP contribution is 2.26. The summed E-state index contributed by atoms with van der Waals surface area (Å²) < 4.78 is 33.1. The first kappa shape index (κ1) is 19.9. The maximum Gasteiger partial charge on any atom is 0.243 e. The summed E-state index contributed by atoms with van der Waals surface area (Å²) in [5.41, 5.74) is 0.685. The first-order valence-electron chi connectivity index (χ1n) is 8.61. The summed E-state index contributed by atoms with van der Waals surface area (Å²) in [4.78, 5) is 12.8. The molecule has 144 valence electrons. The Balaban J connectivity index is 1.71. The van der Waals surface area contributed by atoms with E-state index in [0.29, 0.717) is 30.8 Å². The predicted octanol–water partition coefficient (Wildman–Crippen LogP) is 3.50. The average molecular weight is 453 g/mol. The average Bonchev–Trinajstić information content (AvgIpc) is 2.68. The Morgan fingerprint density at radius 1 is 1.22 bits per heavy atom. The van der Waals surface area contributed by atoms with Crippen LogP contribution in [-0.2, 0) is 14.8 Å². The molecule has 0 saturated carbocycles. The van der Waals surface area contributed by atoms with Crippen molar-refractivity contribution in [3.05, 3.63) is 53.0 Å². The summed E-state index contributed by atoms with van der Waals surface area (Å²) in [5, 5.41) is 2.87. The third-order valence-corrected chi connectivity index (χ3v) is 6.92. The molecule has 0 unspecified atom stereocenters. The van der Waals surface area contributed by atoms with E-state index in [1.807, 2.05) is 18.2 Å². The number of anilines is 1. The van der Waals surface area contributed by atoms with Crippen molar-refractivity contribution in [2.24, 2.45) is 5.92 Å². The first-order valence-corrected chi connectivity index (χ1v) is 10.8. The number of hydrogen-bond donors (Lipinski definition) is 1. The summed E-state index contributed by atoms with van der Waals surface area (Å²) in [6, 6.07) is 13.6. The van der Waals surface area contributed by atoms with Gasteiger partial charge >= 0.3 is 0 Å². The maximum absolute atomic E-state index is 12.9. The molecule has 1 N–H and O–H groups in total. The minimum absolute atomic E-state index is 0.164. The molecule has 1 heterocycles. The molecule has 0 aromatic heterocycles. The second kappa shape index (κ2) is 8.41. The monoisotopic (exact) mass is 452 g/mol. The minimum Gasteiger partial charge on any atom is -0.497 e. The highest BCUT2D eigenvalue weighted by atomic mass is 79.9. The molecule has 1 amide bonds. The summed E-state index contributed by atoms with van der Waals surface area (Å²) in [6.45, 7) is 0.587. The summed E-state index contributed by atoms with van der Waals surface area (Å²) in [7, 11) is -2.11. The van der Waals surface area contributed by atoms with Crippen molar-refractivity contribution in [3.8, 4) is 5.75 Å². The molecule has 1 atom stereocenters. The van der Waals surface area contributed by atoms with E-state index in [1.165, 1.54) is 23.5 Å². The van der Waals surface area contributed by atoms with Crippen LogP contribution in [0.4, 0.5) is 5.69 Å². The zero-order chi connectivity index (χ0) is 19.4. The van der Waals surface area contributed by atoms with Crippen LogP contribution in [0.1, 0.15) is 12.8 Å². The van der Waals surface area contributed by atoms with Crippen LogP contribution >= 0.6 is 15.9 Å². The second-order valence-electron chi connectivity index (χ2n) is 6.38. The smallest absolute Gasteiger partial charge is 0.243 e. The van der Waals surface area contributed by atoms with Crippen LogP contribution in [0.25, 0.3) is 0 Å². The van der Waals surface area contributed by atoms with Crippen molar-refractivity contribution < 1.29 is 17.9 Å². The standard InChI is InChI=1S/C19H21BrN2O4S/c1-26-17-7-9-18(10-8-17)27(24,25)22-11-3-4-14(13-22)19(23)21-16-6-2-5-15(20)12-16/h2,5-10,12,14H,3-4,11,13H2,1H3,(H,21,23)/t14-/m0/s1. The van der Waals surface area contributed by atoms with Crippen molar-refractivity contribution in [2.45, 2.75) is 17.7 Å². The number of nitrogens with zero attached hydrogens (tertiary/aromatic N) is 1. The number of amides is 1. The van der Waals surface area contributed by atoms with Crippen LogP contribution < -0.4 is 10.1 Å². The third-order valence-electron chi connectivity index (χ3n) is 4.54.